The fraction of sp³-hybridized carbons (Fsp3) is 0.333. The van der Waals surface area contributed by atoms with Crippen LogP contribution in [0.2, 0.25) is 5.02 Å². The minimum Gasteiger partial charge on any atom is -0.494 e. The molecule has 0 spiro atoms. The van der Waals surface area contributed by atoms with Gasteiger partial charge in [-0.25, -0.2) is 0 Å². The molecule has 5 atom stereocenters. The first-order chi connectivity index (χ1) is 20.9. The van der Waals surface area contributed by atoms with E-state index in [4.69, 9.17) is 35.3 Å². The molecule has 1 heterocycles. The van der Waals surface area contributed by atoms with Crippen molar-refractivity contribution in [2.24, 2.45) is 0 Å². The summed E-state index contributed by atoms with van der Waals surface area (Å²) >= 11 is 6.71. The topological polar surface area (TPSA) is 66.4 Å². The van der Waals surface area contributed by atoms with Gasteiger partial charge in [-0.15, -0.1) is 0 Å². The number of aliphatic hydroxyl groups excluding tert-OH is 1. The fourth-order valence-corrected chi connectivity index (χ4v) is 5.77. The van der Waals surface area contributed by atoms with E-state index in [1.807, 2.05) is 117 Å². The van der Waals surface area contributed by atoms with E-state index in [1.54, 1.807) is 7.11 Å². The van der Waals surface area contributed by atoms with Crippen molar-refractivity contribution in [3.8, 4) is 5.75 Å². The molecule has 1 aliphatic rings. The number of aliphatic hydroxyl groups is 1. The van der Waals surface area contributed by atoms with Gasteiger partial charge in [0, 0.05) is 17.7 Å². The van der Waals surface area contributed by atoms with E-state index in [9.17, 15) is 5.11 Å². The molecule has 5 unspecified atom stereocenters. The van der Waals surface area contributed by atoms with Gasteiger partial charge < -0.3 is 28.8 Å². The third kappa shape index (κ3) is 7.29. The molecule has 1 fully saturated rings. The van der Waals surface area contributed by atoms with Gasteiger partial charge in [0.1, 0.15) is 24.1 Å². The predicted molar refractivity (Wildman–Crippen MR) is 167 cm³/mol. The Kier molecular flexibility index (Phi) is 10.5. The molecule has 5 rings (SSSR count). The van der Waals surface area contributed by atoms with E-state index in [2.05, 4.69) is 0 Å². The number of hydrogen-bond donors (Lipinski definition) is 1. The summed E-state index contributed by atoms with van der Waals surface area (Å²) in [5, 5.41) is 12.5. The minimum absolute atomic E-state index is 0.253. The summed E-state index contributed by atoms with van der Waals surface area (Å²) in [5.41, 5.74) is 4.65. The van der Waals surface area contributed by atoms with Crippen molar-refractivity contribution in [1.82, 2.24) is 0 Å². The highest BCUT2D eigenvalue weighted by Crippen LogP contribution is 2.43. The van der Waals surface area contributed by atoms with Crippen molar-refractivity contribution in [2.75, 3.05) is 13.7 Å². The normalized spacial score (nSPS) is 23.7. The second kappa shape index (κ2) is 14.5. The first-order valence-electron chi connectivity index (χ1n) is 14.7. The first-order valence-corrected chi connectivity index (χ1v) is 15.0. The van der Waals surface area contributed by atoms with Crippen LogP contribution in [0.25, 0.3) is 0 Å². The fourth-order valence-electron chi connectivity index (χ4n) is 5.59. The van der Waals surface area contributed by atoms with Crippen LogP contribution < -0.4 is 4.74 Å². The maximum Gasteiger partial charge on any atom is 0.224 e. The highest BCUT2D eigenvalue weighted by atomic mass is 35.5. The molecule has 226 valence electrons. The summed E-state index contributed by atoms with van der Waals surface area (Å²) in [7, 11) is 1.57. The van der Waals surface area contributed by atoms with Gasteiger partial charge in [0.2, 0.25) is 5.79 Å². The molecule has 1 aliphatic heterocycles. The molecule has 0 radical (unpaired) electrons. The standard InChI is InChI=1S/C36H39ClO6/c1-4-40-31-18-15-26(16-19-31)21-29-22-30(17-20-32(29)37)36(39-3)35(42-24-28-13-9-6-10-14-28)33(38)34(25(2)43-36)41-23-27-11-7-5-8-12-27/h5-20,22,25,33-35,38H,4,21,23-24H2,1-3H3. The van der Waals surface area contributed by atoms with Crippen LogP contribution in [0.4, 0.5) is 0 Å². The van der Waals surface area contributed by atoms with Crippen LogP contribution >= 0.6 is 11.6 Å². The second-order valence-corrected chi connectivity index (χ2v) is 11.1. The van der Waals surface area contributed by atoms with Gasteiger partial charge in [0.15, 0.2) is 0 Å². The number of hydrogen-bond acceptors (Lipinski definition) is 6. The summed E-state index contributed by atoms with van der Waals surface area (Å²) < 4.78 is 31.2. The second-order valence-electron chi connectivity index (χ2n) is 10.7. The van der Waals surface area contributed by atoms with Gasteiger partial charge in [-0.2, -0.15) is 0 Å². The highest BCUT2D eigenvalue weighted by Gasteiger charge is 2.56. The first kappa shape index (κ1) is 31.2. The predicted octanol–water partition coefficient (Wildman–Crippen LogP) is 7.08. The molecule has 1 N–H and O–H groups in total. The number of ether oxygens (including phenoxy) is 5. The highest BCUT2D eigenvalue weighted by molar-refractivity contribution is 6.31. The van der Waals surface area contributed by atoms with Crippen LogP contribution in [0.3, 0.4) is 0 Å². The molecular weight excluding hydrogens is 564 g/mol. The lowest BCUT2D eigenvalue weighted by Crippen LogP contribution is -2.64. The van der Waals surface area contributed by atoms with Gasteiger partial charge in [-0.3, -0.25) is 0 Å². The lowest BCUT2D eigenvalue weighted by Gasteiger charge is -2.50. The van der Waals surface area contributed by atoms with Crippen molar-refractivity contribution in [3.63, 3.8) is 0 Å². The molecule has 1 saturated heterocycles. The third-order valence-electron chi connectivity index (χ3n) is 7.78. The van der Waals surface area contributed by atoms with Crippen molar-refractivity contribution in [2.45, 2.75) is 63.7 Å². The van der Waals surface area contributed by atoms with Gasteiger partial charge in [0.05, 0.1) is 25.9 Å². The zero-order valence-electron chi connectivity index (χ0n) is 24.8. The molecule has 7 heteroatoms. The maximum atomic E-state index is 11.9. The quantitative estimate of drug-likeness (QED) is 0.187. The molecule has 0 amide bonds. The van der Waals surface area contributed by atoms with E-state index in [-0.39, 0.29) is 6.61 Å². The average molecular weight is 603 g/mol. The van der Waals surface area contributed by atoms with Crippen molar-refractivity contribution in [1.29, 1.82) is 0 Å². The molecule has 4 aromatic carbocycles. The lowest BCUT2D eigenvalue weighted by molar-refractivity contribution is -0.373. The van der Waals surface area contributed by atoms with Crippen molar-refractivity contribution >= 4 is 11.6 Å². The molecule has 43 heavy (non-hydrogen) atoms. The molecule has 0 saturated carbocycles. The lowest BCUT2D eigenvalue weighted by atomic mass is 9.86. The Bertz CT molecular complexity index is 1430. The molecule has 0 bridgehead atoms. The Morgan fingerprint density at radius 1 is 0.814 bits per heavy atom. The monoisotopic (exact) mass is 602 g/mol. The Hall–Kier alpha value is -3.23. The van der Waals surface area contributed by atoms with Crippen LogP contribution in [0.5, 0.6) is 5.75 Å². The Balaban J connectivity index is 1.46. The third-order valence-corrected chi connectivity index (χ3v) is 8.15. The number of rotatable bonds is 12. The Morgan fingerprint density at radius 3 is 2.05 bits per heavy atom. The van der Waals surface area contributed by atoms with Gasteiger partial charge in [0.25, 0.3) is 0 Å². The summed E-state index contributed by atoms with van der Waals surface area (Å²) in [5.74, 6) is -0.594. The van der Waals surface area contributed by atoms with Crippen LogP contribution in [-0.4, -0.2) is 43.2 Å². The van der Waals surface area contributed by atoms with E-state index >= 15 is 0 Å². The van der Waals surface area contributed by atoms with Gasteiger partial charge >= 0.3 is 0 Å². The molecule has 6 nitrogen and oxygen atoms in total. The van der Waals surface area contributed by atoms with E-state index < -0.39 is 30.2 Å². The molecule has 0 aliphatic carbocycles. The Morgan fingerprint density at radius 2 is 1.44 bits per heavy atom. The number of methoxy groups -OCH3 is 1. The summed E-state index contributed by atoms with van der Waals surface area (Å²) in [4.78, 5) is 0. The van der Waals surface area contributed by atoms with Crippen molar-refractivity contribution in [3.05, 3.63) is 136 Å². The smallest absolute Gasteiger partial charge is 0.224 e. The number of halogens is 1. The summed E-state index contributed by atoms with van der Waals surface area (Å²) in [6.45, 7) is 5.04. The zero-order chi connectivity index (χ0) is 30.2. The maximum absolute atomic E-state index is 11.9. The zero-order valence-corrected chi connectivity index (χ0v) is 25.6. The largest absolute Gasteiger partial charge is 0.494 e. The van der Waals surface area contributed by atoms with E-state index in [0.717, 1.165) is 28.0 Å². The summed E-state index contributed by atoms with van der Waals surface area (Å²) in [6, 6.07) is 33.4. The minimum atomic E-state index is -1.42. The van der Waals surface area contributed by atoms with Crippen LogP contribution in [0, 0.1) is 0 Å². The number of benzene rings is 4. The SMILES string of the molecule is CCOc1ccc(Cc2cc(C3(OC)OC(C)C(OCc4ccccc4)C(O)C3OCc3ccccc3)ccc2Cl)cc1. The van der Waals surface area contributed by atoms with Gasteiger partial charge in [-0.05, 0) is 66.8 Å². The van der Waals surface area contributed by atoms with E-state index in [1.165, 1.54) is 0 Å². The Labute approximate surface area is 259 Å². The molecule has 0 aromatic heterocycles. The van der Waals surface area contributed by atoms with Crippen LogP contribution in [0.1, 0.15) is 41.7 Å². The molecule has 4 aromatic rings. The van der Waals surface area contributed by atoms with Gasteiger partial charge in [-0.1, -0.05) is 90.5 Å². The van der Waals surface area contributed by atoms with Crippen LogP contribution in [-0.2, 0) is 44.4 Å². The van der Waals surface area contributed by atoms with Crippen molar-refractivity contribution < 1.29 is 28.8 Å². The molecular formula is C36H39ClO6. The van der Waals surface area contributed by atoms with Crippen LogP contribution in [0.15, 0.2) is 103 Å². The summed E-state index contributed by atoms with van der Waals surface area (Å²) in [6.07, 6.45) is -2.54. The van der Waals surface area contributed by atoms with E-state index in [0.29, 0.717) is 30.2 Å². The average Bonchev–Trinajstić information content (AvgIpc) is 3.03.